The molecule has 0 aromatic carbocycles. The number of rotatable bonds is 5. The Morgan fingerprint density at radius 2 is 2.30 bits per heavy atom. The zero-order chi connectivity index (χ0) is 7.82. The predicted octanol–water partition coefficient (Wildman–Crippen LogP) is 1.27. The lowest BCUT2D eigenvalue weighted by atomic mass is 10.2. The van der Waals surface area contributed by atoms with Crippen LogP contribution in [0.2, 0.25) is 0 Å². The molecule has 60 valence electrons. The van der Waals surface area contributed by atoms with Crippen molar-refractivity contribution in [3.63, 3.8) is 0 Å². The van der Waals surface area contributed by atoms with Crippen molar-refractivity contribution in [3.05, 3.63) is 0 Å². The molecule has 0 aliphatic rings. The number of ether oxygens (including phenoxy) is 1. The van der Waals surface area contributed by atoms with Crippen LogP contribution < -0.4 is 3.53 Å². The van der Waals surface area contributed by atoms with Crippen LogP contribution in [0.5, 0.6) is 0 Å². The van der Waals surface area contributed by atoms with E-state index in [1.54, 1.807) is 7.11 Å². The van der Waals surface area contributed by atoms with Crippen LogP contribution in [0.1, 0.15) is 19.3 Å². The van der Waals surface area contributed by atoms with Gasteiger partial charge >= 0.3 is 0 Å². The van der Waals surface area contributed by atoms with Gasteiger partial charge in [-0.05, 0) is 12.8 Å². The summed E-state index contributed by atoms with van der Waals surface area (Å²) in [7, 11) is 1.67. The second-order valence-electron chi connectivity index (χ2n) is 1.97. The monoisotopic (exact) mass is 257 g/mol. The van der Waals surface area contributed by atoms with Crippen LogP contribution in [0.15, 0.2) is 0 Å². The largest absolute Gasteiger partial charge is 0.385 e. The highest BCUT2D eigenvalue weighted by Gasteiger charge is 1.96. The molecular weight excluding hydrogens is 245 g/mol. The van der Waals surface area contributed by atoms with Gasteiger partial charge in [0.25, 0.3) is 0 Å². The lowest BCUT2D eigenvalue weighted by molar-refractivity contribution is -0.118. The maximum atomic E-state index is 10.6. The van der Waals surface area contributed by atoms with Gasteiger partial charge in [0.2, 0.25) is 5.91 Å². The average Bonchev–Trinajstić information content (AvgIpc) is 1.98. The summed E-state index contributed by atoms with van der Waals surface area (Å²) in [5.74, 6) is 0.0942. The van der Waals surface area contributed by atoms with Crippen molar-refractivity contribution < 1.29 is 9.53 Å². The third kappa shape index (κ3) is 6.28. The van der Waals surface area contributed by atoms with Crippen LogP contribution in [0.3, 0.4) is 0 Å². The van der Waals surface area contributed by atoms with Gasteiger partial charge in [0, 0.05) is 20.1 Å². The molecule has 0 heterocycles. The second-order valence-corrected chi connectivity index (χ2v) is 2.51. The summed E-state index contributed by atoms with van der Waals surface area (Å²) in [6, 6.07) is 0. The molecule has 4 heteroatoms. The molecule has 0 saturated carbocycles. The van der Waals surface area contributed by atoms with Gasteiger partial charge in [0.15, 0.2) is 0 Å². The van der Waals surface area contributed by atoms with Gasteiger partial charge in [-0.25, -0.2) is 0 Å². The normalized spacial score (nSPS) is 9.40. The standard InChI is InChI=1S/C6H12INO2/c1-10-5-3-2-4-6(9)8-7/h2-5H2,1H3,(H,8,9). The molecule has 1 N–H and O–H groups in total. The highest BCUT2D eigenvalue weighted by atomic mass is 127. The number of carbonyl (C=O) groups excluding carboxylic acids is 1. The first-order chi connectivity index (χ1) is 4.81. The third-order valence-electron chi connectivity index (χ3n) is 1.11. The molecule has 0 atom stereocenters. The van der Waals surface area contributed by atoms with Gasteiger partial charge in [0.05, 0.1) is 22.9 Å². The first-order valence-corrected chi connectivity index (χ1v) is 4.27. The Labute approximate surface area is 75.0 Å². The van der Waals surface area contributed by atoms with Crippen LogP contribution in [-0.2, 0) is 9.53 Å². The first-order valence-electron chi connectivity index (χ1n) is 3.19. The molecule has 10 heavy (non-hydrogen) atoms. The van der Waals surface area contributed by atoms with Crippen LogP contribution in [0, 0.1) is 0 Å². The molecule has 0 spiro atoms. The Bertz CT molecular complexity index is 97.7. The first kappa shape index (κ1) is 10.2. The average molecular weight is 257 g/mol. The SMILES string of the molecule is COCCCCC(=O)NI. The maximum absolute atomic E-state index is 10.6. The second kappa shape index (κ2) is 7.27. The van der Waals surface area contributed by atoms with Crippen LogP contribution in [-0.4, -0.2) is 19.6 Å². The van der Waals surface area contributed by atoms with Crippen molar-refractivity contribution in [1.82, 2.24) is 3.53 Å². The van der Waals surface area contributed by atoms with Gasteiger partial charge in [-0.3, -0.25) is 8.32 Å². The molecule has 0 rings (SSSR count). The Hall–Kier alpha value is 0.160. The van der Waals surface area contributed by atoms with E-state index in [0.717, 1.165) is 19.4 Å². The minimum atomic E-state index is 0.0942. The summed E-state index contributed by atoms with van der Waals surface area (Å²) in [6.07, 6.45) is 2.47. The van der Waals surface area contributed by atoms with E-state index in [4.69, 9.17) is 4.74 Å². The zero-order valence-electron chi connectivity index (χ0n) is 6.02. The van der Waals surface area contributed by atoms with Crippen molar-refractivity contribution in [2.45, 2.75) is 19.3 Å². The summed E-state index contributed by atoms with van der Waals surface area (Å²) in [5, 5.41) is 0. The van der Waals surface area contributed by atoms with Crippen molar-refractivity contribution in [2.24, 2.45) is 0 Å². The molecule has 0 aliphatic heterocycles. The smallest absolute Gasteiger partial charge is 0.228 e. The minimum absolute atomic E-state index is 0.0942. The van der Waals surface area contributed by atoms with Crippen LogP contribution in [0.25, 0.3) is 0 Å². The summed E-state index contributed by atoms with van der Waals surface area (Å²) in [6.45, 7) is 0.745. The Kier molecular flexibility index (Phi) is 7.39. The Balaban J connectivity index is 2.96. The number of nitrogens with one attached hydrogen (secondary N) is 1. The molecular formula is C6H12INO2. The van der Waals surface area contributed by atoms with E-state index in [0.29, 0.717) is 6.42 Å². The summed E-state index contributed by atoms with van der Waals surface area (Å²) in [4.78, 5) is 10.6. The molecule has 0 aliphatic carbocycles. The van der Waals surface area contributed by atoms with Crippen molar-refractivity contribution in [3.8, 4) is 0 Å². The lowest BCUT2D eigenvalue weighted by Crippen LogP contribution is -2.10. The van der Waals surface area contributed by atoms with Gasteiger partial charge in [0.1, 0.15) is 0 Å². The third-order valence-corrected chi connectivity index (χ3v) is 1.71. The van der Waals surface area contributed by atoms with Crippen molar-refractivity contribution in [1.29, 1.82) is 0 Å². The van der Waals surface area contributed by atoms with E-state index < -0.39 is 0 Å². The molecule has 0 radical (unpaired) electrons. The summed E-state index contributed by atoms with van der Waals surface area (Å²) >= 11 is 1.84. The predicted molar refractivity (Wildman–Crippen MR) is 47.9 cm³/mol. The number of amides is 1. The van der Waals surface area contributed by atoms with E-state index in [1.807, 2.05) is 22.9 Å². The molecule has 0 aromatic rings. The van der Waals surface area contributed by atoms with E-state index in [-0.39, 0.29) is 5.91 Å². The minimum Gasteiger partial charge on any atom is -0.385 e. The molecule has 0 unspecified atom stereocenters. The van der Waals surface area contributed by atoms with E-state index in [1.165, 1.54) is 0 Å². The van der Waals surface area contributed by atoms with E-state index >= 15 is 0 Å². The fourth-order valence-electron chi connectivity index (χ4n) is 0.579. The quantitative estimate of drug-likeness (QED) is 0.457. The molecule has 0 bridgehead atoms. The highest BCUT2D eigenvalue weighted by Crippen LogP contribution is 1.95. The van der Waals surface area contributed by atoms with Gasteiger partial charge in [-0.2, -0.15) is 0 Å². The Morgan fingerprint density at radius 1 is 1.60 bits per heavy atom. The zero-order valence-corrected chi connectivity index (χ0v) is 8.18. The number of carbonyl (C=O) groups is 1. The molecule has 0 saturated heterocycles. The maximum Gasteiger partial charge on any atom is 0.228 e. The molecule has 3 nitrogen and oxygen atoms in total. The molecule has 0 aromatic heterocycles. The molecule has 0 fully saturated rings. The lowest BCUT2D eigenvalue weighted by Gasteiger charge is -1.97. The van der Waals surface area contributed by atoms with E-state index in [9.17, 15) is 4.79 Å². The van der Waals surface area contributed by atoms with Gasteiger partial charge in [-0.1, -0.05) is 0 Å². The highest BCUT2D eigenvalue weighted by molar-refractivity contribution is 14.1. The van der Waals surface area contributed by atoms with Crippen LogP contribution in [0.4, 0.5) is 0 Å². The van der Waals surface area contributed by atoms with Crippen molar-refractivity contribution >= 4 is 28.8 Å². The molecule has 1 amide bonds. The van der Waals surface area contributed by atoms with Crippen molar-refractivity contribution in [2.75, 3.05) is 13.7 Å². The fraction of sp³-hybridized carbons (Fsp3) is 0.833. The van der Waals surface area contributed by atoms with E-state index in [2.05, 4.69) is 3.53 Å². The topological polar surface area (TPSA) is 38.3 Å². The number of hydrogen-bond donors (Lipinski definition) is 1. The van der Waals surface area contributed by atoms with Crippen LogP contribution >= 0.6 is 22.9 Å². The number of unbranched alkanes of at least 4 members (excludes halogenated alkanes) is 1. The Morgan fingerprint density at radius 3 is 2.80 bits per heavy atom. The van der Waals surface area contributed by atoms with Gasteiger partial charge < -0.3 is 4.74 Å². The summed E-state index contributed by atoms with van der Waals surface area (Å²) in [5.41, 5.74) is 0. The number of methoxy groups -OCH3 is 1. The number of halogens is 1. The van der Waals surface area contributed by atoms with Gasteiger partial charge in [-0.15, -0.1) is 0 Å². The number of hydrogen-bond acceptors (Lipinski definition) is 2. The summed E-state index contributed by atoms with van der Waals surface area (Å²) < 4.78 is 7.36. The fourth-order valence-corrected chi connectivity index (χ4v) is 0.849.